The molecule has 2 aromatic rings. The topological polar surface area (TPSA) is 109 Å². The number of methoxy groups -OCH3 is 1. The number of carbonyl (C=O) groups is 3. The third-order valence-electron chi connectivity index (χ3n) is 4.49. The molecule has 1 N–H and O–H groups in total. The maximum atomic E-state index is 12.7. The SMILES string of the molecule is COc1ccc(C(CC(=O)OCC(=O)N(CCC#N)c2cccc(Cl)c2)NC(C)=O)cc1. The van der Waals surface area contributed by atoms with Crippen molar-refractivity contribution < 1.29 is 23.9 Å². The Morgan fingerprint density at radius 3 is 2.50 bits per heavy atom. The molecule has 8 nitrogen and oxygen atoms in total. The van der Waals surface area contributed by atoms with E-state index in [2.05, 4.69) is 5.32 Å². The molecule has 1 atom stereocenters. The number of carbonyl (C=O) groups excluding carboxylic acids is 3. The van der Waals surface area contributed by atoms with E-state index in [-0.39, 0.29) is 25.3 Å². The van der Waals surface area contributed by atoms with E-state index < -0.39 is 24.5 Å². The van der Waals surface area contributed by atoms with Crippen molar-refractivity contribution in [3.8, 4) is 11.8 Å². The lowest BCUT2D eigenvalue weighted by atomic mass is 10.0. The first-order valence-electron chi connectivity index (χ1n) is 9.83. The van der Waals surface area contributed by atoms with Crippen molar-refractivity contribution >= 4 is 35.1 Å². The minimum absolute atomic E-state index is 0.105. The number of nitrogens with one attached hydrogen (secondary N) is 1. The molecule has 0 aliphatic heterocycles. The summed E-state index contributed by atoms with van der Waals surface area (Å²) in [5, 5.41) is 12.0. The van der Waals surface area contributed by atoms with E-state index in [4.69, 9.17) is 26.3 Å². The number of hydrogen-bond acceptors (Lipinski definition) is 6. The fraction of sp³-hybridized carbons (Fsp3) is 0.304. The summed E-state index contributed by atoms with van der Waals surface area (Å²) in [4.78, 5) is 38.0. The predicted octanol–water partition coefficient (Wildman–Crippen LogP) is 3.41. The van der Waals surface area contributed by atoms with Gasteiger partial charge in [-0.2, -0.15) is 5.26 Å². The van der Waals surface area contributed by atoms with Gasteiger partial charge in [-0.05, 0) is 35.9 Å². The Kier molecular flexibility index (Phi) is 9.51. The van der Waals surface area contributed by atoms with Gasteiger partial charge in [-0.25, -0.2) is 0 Å². The van der Waals surface area contributed by atoms with Gasteiger partial charge in [0.1, 0.15) is 5.75 Å². The molecule has 0 radical (unpaired) electrons. The summed E-state index contributed by atoms with van der Waals surface area (Å²) in [6.45, 7) is 0.975. The van der Waals surface area contributed by atoms with Crippen molar-refractivity contribution in [1.82, 2.24) is 5.32 Å². The smallest absolute Gasteiger partial charge is 0.308 e. The highest BCUT2D eigenvalue weighted by Crippen LogP contribution is 2.22. The van der Waals surface area contributed by atoms with Crippen molar-refractivity contribution in [2.45, 2.75) is 25.8 Å². The van der Waals surface area contributed by atoms with Crippen LogP contribution in [0.25, 0.3) is 0 Å². The lowest BCUT2D eigenvalue weighted by Gasteiger charge is -2.22. The number of amides is 2. The monoisotopic (exact) mass is 457 g/mol. The zero-order valence-corrected chi connectivity index (χ0v) is 18.6. The van der Waals surface area contributed by atoms with Gasteiger partial charge in [0, 0.05) is 24.2 Å². The lowest BCUT2D eigenvalue weighted by Crippen LogP contribution is -2.36. The molecule has 0 saturated heterocycles. The Morgan fingerprint density at radius 2 is 1.91 bits per heavy atom. The molecule has 168 valence electrons. The molecule has 0 fully saturated rings. The van der Waals surface area contributed by atoms with Gasteiger partial charge in [0.05, 0.1) is 32.1 Å². The standard InChI is InChI=1S/C23H24ClN3O5/c1-16(28)26-21(17-7-9-20(31-2)10-8-17)14-23(30)32-15-22(29)27(12-4-11-25)19-6-3-5-18(24)13-19/h3,5-10,13,21H,4,12,14-15H2,1-2H3,(H,26,28). The molecule has 2 rings (SSSR count). The molecular formula is C23H24ClN3O5. The minimum Gasteiger partial charge on any atom is -0.497 e. The largest absolute Gasteiger partial charge is 0.497 e. The number of anilines is 1. The average Bonchev–Trinajstić information content (AvgIpc) is 2.77. The van der Waals surface area contributed by atoms with Crippen LogP contribution < -0.4 is 15.0 Å². The van der Waals surface area contributed by atoms with Crippen LogP contribution in [0.2, 0.25) is 5.02 Å². The van der Waals surface area contributed by atoms with E-state index >= 15 is 0 Å². The minimum atomic E-state index is -0.653. The van der Waals surface area contributed by atoms with E-state index in [9.17, 15) is 14.4 Å². The molecule has 0 aliphatic rings. The predicted molar refractivity (Wildman–Crippen MR) is 119 cm³/mol. The number of benzene rings is 2. The van der Waals surface area contributed by atoms with Crippen molar-refractivity contribution in [2.75, 3.05) is 25.2 Å². The van der Waals surface area contributed by atoms with Crippen molar-refractivity contribution in [2.24, 2.45) is 0 Å². The van der Waals surface area contributed by atoms with Gasteiger partial charge >= 0.3 is 5.97 Å². The molecule has 32 heavy (non-hydrogen) atoms. The van der Waals surface area contributed by atoms with Crippen LogP contribution in [0.1, 0.15) is 31.4 Å². The number of halogens is 1. The molecular weight excluding hydrogens is 434 g/mol. The first-order chi connectivity index (χ1) is 15.3. The summed E-state index contributed by atoms with van der Waals surface area (Å²) in [5.74, 6) is -0.809. The first-order valence-corrected chi connectivity index (χ1v) is 10.2. The van der Waals surface area contributed by atoms with Crippen LogP contribution in [0, 0.1) is 11.3 Å². The van der Waals surface area contributed by atoms with E-state index in [1.807, 2.05) is 6.07 Å². The van der Waals surface area contributed by atoms with Crippen molar-refractivity contribution in [3.05, 3.63) is 59.1 Å². The highest BCUT2D eigenvalue weighted by atomic mass is 35.5. The first kappa shape index (κ1) is 24.7. The van der Waals surface area contributed by atoms with Crippen LogP contribution >= 0.6 is 11.6 Å². The summed E-state index contributed by atoms with van der Waals surface area (Å²) in [7, 11) is 1.54. The zero-order valence-electron chi connectivity index (χ0n) is 17.8. The third kappa shape index (κ3) is 7.60. The molecule has 0 spiro atoms. The van der Waals surface area contributed by atoms with E-state index in [0.717, 1.165) is 0 Å². The summed E-state index contributed by atoms with van der Waals surface area (Å²) >= 11 is 6.00. The van der Waals surface area contributed by atoms with Crippen molar-refractivity contribution in [3.63, 3.8) is 0 Å². The van der Waals surface area contributed by atoms with Crippen molar-refractivity contribution in [1.29, 1.82) is 5.26 Å². The molecule has 0 saturated carbocycles. The quantitative estimate of drug-likeness (QED) is 0.547. The molecule has 0 aliphatic carbocycles. The van der Waals surface area contributed by atoms with Crippen LogP contribution in [-0.2, 0) is 19.1 Å². The zero-order chi connectivity index (χ0) is 23.5. The number of hydrogen-bond donors (Lipinski definition) is 1. The number of nitriles is 1. The fourth-order valence-electron chi connectivity index (χ4n) is 2.98. The second-order valence-electron chi connectivity index (χ2n) is 6.82. The van der Waals surface area contributed by atoms with Gasteiger partial charge in [-0.1, -0.05) is 29.8 Å². The Bertz CT molecular complexity index is 988. The number of esters is 1. The average molecular weight is 458 g/mol. The van der Waals surface area contributed by atoms with Gasteiger partial charge < -0.3 is 19.7 Å². The maximum absolute atomic E-state index is 12.7. The molecule has 1 unspecified atom stereocenters. The van der Waals surface area contributed by atoms with Gasteiger partial charge in [0.25, 0.3) is 5.91 Å². The fourth-order valence-corrected chi connectivity index (χ4v) is 3.17. The van der Waals surface area contributed by atoms with Crippen LogP contribution in [-0.4, -0.2) is 38.0 Å². The highest BCUT2D eigenvalue weighted by molar-refractivity contribution is 6.30. The third-order valence-corrected chi connectivity index (χ3v) is 4.73. The number of ether oxygens (including phenoxy) is 2. The van der Waals surface area contributed by atoms with Crippen LogP contribution in [0.5, 0.6) is 5.75 Å². The van der Waals surface area contributed by atoms with E-state index in [1.54, 1.807) is 48.5 Å². The summed E-state index contributed by atoms with van der Waals surface area (Å²) in [6.07, 6.45) is -0.0528. The summed E-state index contributed by atoms with van der Waals surface area (Å²) in [5.41, 5.74) is 1.20. The number of nitrogens with zero attached hydrogens (tertiary/aromatic N) is 2. The molecule has 2 aromatic carbocycles. The molecule has 2 amide bonds. The summed E-state index contributed by atoms with van der Waals surface area (Å²) < 4.78 is 10.3. The molecule has 9 heteroatoms. The van der Waals surface area contributed by atoms with Gasteiger partial charge in [-0.3, -0.25) is 14.4 Å². The lowest BCUT2D eigenvalue weighted by molar-refractivity contribution is -0.148. The van der Waals surface area contributed by atoms with Crippen LogP contribution in [0.4, 0.5) is 5.69 Å². The molecule has 0 aromatic heterocycles. The Labute approximate surface area is 191 Å². The summed E-state index contributed by atoms with van der Waals surface area (Å²) in [6, 6.07) is 14.9. The maximum Gasteiger partial charge on any atom is 0.308 e. The van der Waals surface area contributed by atoms with Crippen LogP contribution in [0.3, 0.4) is 0 Å². The Hall–Kier alpha value is -3.57. The van der Waals surface area contributed by atoms with Crippen LogP contribution in [0.15, 0.2) is 48.5 Å². The number of rotatable bonds is 10. The van der Waals surface area contributed by atoms with Gasteiger partial charge in [0.2, 0.25) is 5.91 Å². The van der Waals surface area contributed by atoms with E-state index in [0.29, 0.717) is 22.0 Å². The normalized spacial score (nSPS) is 11.1. The highest BCUT2D eigenvalue weighted by Gasteiger charge is 2.21. The van der Waals surface area contributed by atoms with Gasteiger partial charge in [0.15, 0.2) is 6.61 Å². The Morgan fingerprint density at radius 1 is 1.19 bits per heavy atom. The van der Waals surface area contributed by atoms with Gasteiger partial charge in [-0.15, -0.1) is 0 Å². The van der Waals surface area contributed by atoms with E-state index in [1.165, 1.54) is 18.9 Å². The second kappa shape index (κ2) is 12.3. The molecule has 0 bridgehead atoms. The Balaban J connectivity index is 2.04. The second-order valence-corrected chi connectivity index (χ2v) is 7.26. The molecule has 0 heterocycles.